The summed E-state index contributed by atoms with van der Waals surface area (Å²) in [6.07, 6.45) is 6.51. The van der Waals surface area contributed by atoms with Gasteiger partial charge in [-0.2, -0.15) is 0 Å². The van der Waals surface area contributed by atoms with Crippen molar-refractivity contribution >= 4 is 5.84 Å². The first-order valence-electron chi connectivity index (χ1n) is 6.40. The lowest BCUT2D eigenvalue weighted by molar-refractivity contribution is 0.438. The van der Waals surface area contributed by atoms with Crippen LogP contribution in [0.4, 0.5) is 0 Å². The van der Waals surface area contributed by atoms with Crippen molar-refractivity contribution < 1.29 is 0 Å². The number of nitrogens with one attached hydrogen (secondary N) is 1. The molecule has 1 aliphatic rings. The smallest absolute Gasteiger partial charge is 0.123 e. The Bertz CT molecular complexity index is 265. The van der Waals surface area contributed by atoms with Gasteiger partial charge < -0.3 is 5.32 Å². The molecule has 1 N–H and O–H groups in total. The molecule has 0 spiro atoms. The topological polar surface area (TPSA) is 24.4 Å². The van der Waals surface area contributed by atoms with Crippen LogP contribution in [0.2, 0.25) is 0 Å². The average Bonchev–Trinajstić information content (AvgIpc) is 2.16. The van der Waals surface area contributed by atoms with E-state index in [1.807, 2.05) is 6.92 Å². The first kappa shape index (κ1) is 13.3. The second-order valence-corrected chi connectivity index (χ2v) is 5.92. The zero-order valence-corrected chi connectivity index (χ0v) is 11.3. The van der Waals surface area contributed by atoms with Crippen LogP contribution in [0, 0.1) is 0 Å². The van der Waals surface area contributed by atoms with E-state index in [0.717, 1.165) is 11.4 Å². The van der Waals surface area contributed by atoms with Crippen LogP contribution in [-0.4, -0.2) is 17.4 Å². The molecule has 0 aromatic heterocycles. The molecule has 0 aromatic rings. The molecule has 1 fully saturated rings. The maximum absolute atomic E-state index is 4.83. The molecule has 1 rings (SSSR count). The van der Waals surface area contributed by atoms with Crippen molar-refractivity contribution in [3.63, 3.8) is 0 Å². The van der Waals surface area contributed by atoms with Crippen molar-refractivity contribution in [2.75, 3.05) is 0 Å². The van der Waals surface area contributed by atoms with Crippen LogP contribution >= 0.6 is 0 Å². The highest BCUT2D eigenvalue weighted by atomic mass is 15.1. The Morgan fingerprint density at radius 3 is 2.19 bits per heavy atom. The molecular formula is C14H26N2. The van der Waals surface area contributed by atoms with Gasteiger partial charge in [-0.1, -0.05) is 25.8 Å². The summed E-state index contributed by atoms with van der Waals surface area (Å²) in [6, 6.07) is 0.510. The molecular weight excluding hydrogens is 196 g/mol. The molecule has 0 aromatic carbocycles. The molecule has 0 aliphatic heterocycles. The Hall–Kier alpha value is -0.790. The van der Waals surface area contributed by atoms with Gasteiger partial charge in [0.2, 0.25) is 0 Å². The summed E-state index contributed by atoms with van der Waals surface area (Å²) in [5.41, 5.74) is 1.10. The monoisotopic (exact) mass is 222 g/mol. The number of hydrogen-bond acceptors (Lipinski definition) is 1. The quantitative estimate of drug-likeness (QED) is 0.559. The summed E-state index contributed by atoms with van der Waals surface area (Å²) < 4.78 is 0. The van der Waals surface area contributed by atoms with Crippen molar-refractivity contribution in [2.45, 2.75) is 71.4 Å². The van der Waals surface area contributed by atoms with E-state index in [1.54, 1.807) is 0 Å². The molecule has 0 heterocycles. The maximum atomic E-state index is 4.83. The fourth-order valence-electron chi connectivity index (χ4n) is 2.00. The van der Waals surface area contributed by atoms with Gasteiger partial charge in [0, 0.05) is 5.54 Å². The van der Waals surface area contributed by atoms with Gasteiger partial charge in [-0.15, -0.1) is 0 Å². The summed E-state index contributed by atoms with van der Waals surface area (Å²) in [5.74, 6) is 0.999. The van der Waals surface area contributed by atoms with Crippen LogP contribution in [0.15, 0.2) is 17.1 Å². The Labute approximate surface area is 100 Å². The lowest BCUT2D eigenvalue weighted by atomic mass is 9.96. The lowest BCUT2D eigenvalue weighted by Gasteiger charge is -2.26. The zero-order chi connectivity index (χ0) is 12.2. The number of hydrogen-bond donors (Lipinski definition) is 1. The SMILES string of the molecule is C=C(C)C(=NC1CCCCC1)NC(C)(C)C. The minimum atomic E-state index is 0.0620. The highest BCUT2D eigenvalue weighted by Crippen LogP contribution is 2.21. The van der Waals surface area contributed by atoms with Gasteiger partial charge >= 0.3 is 0 Å². The molecule has 16 heavy (non-hydrogen) atoms. The van der Waals surface area contributed by atoms with E-state index in [-0.39, 0.29) is 5.54 Å². The fourth-order valence-corrected chi connectivity index (χ4v) is 2.00. The summed E-state index contributed by atoms with van der Waals surface area (Å²) in [4.78, 5) is 4.83. The van der Waals surface area contributed by atoms with Gasteiger partial charge in [0.1, 0.15) is 5.84 Å². The van der Waals surface area contributed by atoms with Gasteiger partial charge in [-0.3, -0.25) is 4.99 Å². The third kappa shape index (κ3) is 4.82. The van der Waals surface area contributed by atoms with Crippen molar-refractivity contribution in [1.82, 2.24) is 5.32 Å². The molecule has 0 amide bonds. The number of nitrogens with zero attached hydrogens (tertiary/aromatic N) is 1. The number of amidine groups is 1. The van der Waals surface area contributed by atoms with Gasteiger partial charge in [0.15, 0.2) is 0 Å². The zero-order valence-electron chi connectivity index (χ0n) is 11.3. The summed E-state index contributed by atoms with van der Waals surface area (Å²) in [6.45, 7) is 12.5. The minimum absolute atomic E-state index is 0.0620. The van der Waals surface area contributed by atoms with Gasteiger partial charge in [-0.25, -0.2) is 0 Å². The van der Waals surface area contributed by atoms with Crippen molar-refractivity contribution in [3.8, 4) is 0 Å². The molecule has 0 saturated heterocycles. The van der Waals surface area contributed by atoms with E-state index in [2.05, 4.69) is 32.7 Å². The molecule has 0 unspecified atom stereocenters. The highest BCUT2D eigenvalue weighted by molar-refractivity contribution is 5.97. The van der Waals surface area contributed by atoms with E-state index in [0.29, 0.717) is 6.04 Å². The fraction of sp³-hybridized carbons (Fsp3) is 0.786. The molecule has 2 heteroatoms. The Balaban J connectivity index is 2.68. The molecule has 0 atom stereocenters. The standard InChI is InChI=1S/C14H26N2/c1-11(2)13(16-14(3,4)5)15-12-9-7-6-8-10-12/h12H,1,6-10H2,2-5H3,(H,15,16). The predicted molar refractivity (Wildman–Crippen MR) is 72.0 cm³/mol. The number of aliphatic imine (C=N–C) groups is 1. The van der Waals surface area contributed by atoms with E-state index >= 15 is 0 Å². The maximum Gasteiger partial charge on any atom is 0.123 e. The highest BCUT2D eigenvalue weighted by Gasteiger charge is 2.16. The van der Waals surface area contributed by atoms with Crippen LogP contribution in [0.3, 0.4) is 0 Å². The molecule has 0 radical (unpaired) electrons. The van der Waals surface area contributed by atoms with E-state index in [9.17, 15) is 0 Å². The summed E-state index contributed by atoms with van der Waals surface area (Å²) >= 11 is 0. The predicted octanol–water partition coefficient (Wildman–Crippen LogP) is 3.68. The van der Waals surface area contributed by atoms with Crippen LogP contribution in [0.1, 0.15) is 59.8 Å². The number of rotatable bonds is 2. The third-order valence-corrected chi connectivity index (χ3v) is 2.78. The van der Waals surface area contributed by atoms with Gasteiger partial charge in [0.25, 0.3) is 0 Å². The van der Waals surface area contributed by atoms with Crippen molar-refractivity contribution in [3.05, 3.63) is 12.2 Å². The molecule has 92 valence electrons. The second-order valence-electron chi connectivity index (χ2n) is 5.92. The third-order valence-electron chi connectivity index (χ3n) is 2.78. The molecule has 1 aliphatic carbocycles. The Kier molecular flexibility index (Phi) is 4.57. The van der Waals surface area contributed by atoms with E-state index in [1.165, 1.54) is 32.1 Å². The molecule has 2 nitrogen and oxygen atoms in total. The Morgan fingerprint density at radius 2 is 1.75 bits per heavy atom. The van der Waals surface area contributed by atoms with Crippen LogP contribution < -0.4 is 5.32 Å². The lowest BCUT2D eigenvalue weighted by Crippen LogP contribution is -2.41. The first-order chi connectivity index (χ1) is 7.38. The average molecular weight is 222 g/mol. The van der Waals surface area contributed by atoms with Crippen molar-refractivity contribution in [2.24, 2.45) is 4.99 Å². The molecule has 0 bridgehead atoms. The van der Waals surface area contributed by atoms with Crippen LogP contribution in [0.25, 0.3) is 0 Å². The largest absolute Gasteiger partial charge is 0.366 e. The second kappa shape index (κ2) is 5.51. The normalized spacial score (nSPS) is 19.6. The van der Waals surface area contributed by atoms with Crippen LogP contribution in [0.5, 0.6) is 0 Å². The van der Waals surface area contributed by atoms with Crippen LogP contribution in [-0.2, 0) is 0 Å². The Morgan fingerprint density at radius 1 is 1.19 bits per heavy atom. The molecule has 1 saturated carbocycles. The van der Waals surface area contributed by atoms with E-state index < -0.39 is 0 Å². The van der Waals surface area contributed by atoms with Gasteiger partial charge in [0.05, 0.1) is 6.04 Å². The van der Waals surface area contributed by atoms with E-state index in [4.69, 9.17) is 4.99 Å². The first-order valence-corrected chi connectivity index (χ1v) is 6.40. The van der Waals surface area contributed by atoms with Crippen molar-refractivity contribution in [1.29, 1.82) is 0 Å². The minimum Gasteiger partial charge on any atom is -0.366 e. The summed E-state index contributed by atoms with van der Waals surface area (Å²) in [5, 5.41) is 3.45. The van der Waals surface area contributed by atoms with Gasteiger partial charge in [-0.05, 0) is 46.1 Å². The summed E-state index contributed by atoms with van der Waals surface area (Å²) in [7, 11) is 0.